The topological polar surface area (TPSA) is 24.1 Å². The molecule has 4 saturated carbocycles. The summed E-state index contributed by atoms with van der Waals surface area (Å²) in [7, 11) is 4.33. The van der Waals surface area contributed by atoms with Crippen molar-refractivity contribution in [1.29, 1.82) is 0 Å². The van der Waals surface area contributed by atoms with Gasteiger partial charge in [0.2, 0.25) is 0 Å². The smallest absolute Gasteiger partial charge is 0.0201 e. The van der Waals surface area contributed by atoms with Crippen molar-refractivity contribution < 1.29 is 0 Å². The van der Waals surface area contributed by atoms with Crippen LogP contribution in [0.3, 0.4) is 0 Å². The third kappa shape index (κ3) is 1.62. The molecule has 4 rings (SSSR count). The van der Waals surface area contributed by atoms with Gasteiger partial charge in [-0.25, -0.2) is 0 Å². The minimum Gasteiger partial charge on any atom is -0.314 e. The van der Waals surface area contributed by atoms with Crippen molar-refractivity contribution in [2.45, 2.75) is 49.6 Å². The lowest BCUT2D eigenvalue weighted by atomic mass is 9.50. The highest BCUT2D eigenvalue weighted by atomic mass is 35.5. The summed E-state index contributed by atoms with van der Waals surface area (Å²) in [5.41, 5.74) is 0.986. The van der Waals surface area contributed by atoms with Crippen LogP contribution in [-0.2, 0) is 0 Å². The molecule has 0 aromatic heterocycles. The first-order chi connectivity index (χ1) is 6.69. The van der Waals surface area contributed by atoms with E-state index in [2.05, 4.69) is 24.7 Å². The number of nitrogens with one attached hydrogen (secondary N) is 2. The van der Waals surface area contributed by atoms with Crippen LogP contribution < -0.4 is 10.6 Å². The van der Waals surface area contributed by atoms with Crippen molar-refractivity contribution in [3.05, 3.63) is 0 Å². The van der Waals surface area contributed by atoms with Gasteiger partial charge in [-0.3, -0.25) is 0 Å². The van der Waals surface area contributed by atoms with Gasteiger partial charge in [-0.05, 0) is 64.5 Å². The largest absolute Gasteiger partial charge is 0.314 e. The zero-order chi connectivity index (χ0) is 9.81. The maximum Gasteiger partial charge on any atom is 0.0201 e. The van der Waals surface area contributed by atoms with Crippen molar-refractivity contribution in [2.75, 3.05) is 14.1 Å². The van der Waals surface area contributed by atoms with Crippen LogP contribution in [0.4, 0.5) is 0 Å². The van der Waals surface area contributed by atoms with Gasteiger partial charge in [0, 0.05) is 11.1 Å². The van der Waals surface area contributed by atoms with E-state index in [9.17, 15) is 0 Å². The van der Waals surface area contributed by atoms with Crippen LogP contribution in [0.5, 0.6) is 0 Å². The Hall–Kier alpha value is 0.210. The van der Waals surface area contributed by atoms with E-state index < -0.39 is 0 Å². The molecule has 15 heavy (non-hydrogen) atoms. The average Bonchev–Trinajstić information content (AvgIpc) is 2.16. The van der Waals surface area contributed by atoms with Gasteiger partial charge in [0.15, 0.2) is 0 Å². The minimum absolute atomic E-state index is 0. The molecular formula is C12H23ClN2. The molecular weight excluding hydrogens is 208 g/mol. The fourth-order valence-electron chi connectivity index (χ4n) is 4.85. The Bertz CT molecular complexity index is 218. The van der Waals surface area contributed by atoms with Crippen molar-refractivity contribution in [2.24, 2.45) is 11.8 Å². The molecule has 2 nitrogen and oxygen atoms in total. The van der Waals surface area contributed by atoms with Crippen LogP contribution in [0.15, 0.2) is 0 Å². The van der Waals surface area contributed by atoms with E-state index in [-0.39, 0.29) is 12.4 Å². The van der Waals surface area contributed by atoms with Gasteiger partial charge in [-0.15, -0.1) is 12.4 Å². The lowest BCUT2D eigenvalue weighted by Gasteiger charge is -2.62. The highest BCUT2D eigenvalue weighted by Crippen LogP contribution is 2.57. The molecule has 4 bridgehead atoms. The second-order valence-corrected chi connectivity index (χ2v) is 6.02. The normalized spacial score (nSPS) is 51.6. The molecule has 0 saturated heterocycles. The second kappa shape index (κ2) is 3.61. The lowest BCUT2D eigenvalue weighted by Crippen LogP contribution is -2.67. The summed E-state index contributed by atoms with van der Waals surface area (Å²) in [5.74, 6) is 1.99. The predicted molar refractivity (Wildman–Crippen MR) is 65.5 cm³/mol. The quantitative estimate of drug-likeness (QED) is 0.758. The summed E-state index contributed by atoms with van der Waals surface area (Å²) in [6.07, 6.45) is 8.60. The molecule has 4 fully saturated rings. The third-order valence-electron chi connectivity index (χ3n) is 5.12. The molecule has 0 radical (unpaired) electrons. The van der Waals surface area contributed by atoms with Crippen LogP contribution in [0, 0.1) is 11.8 Å². The summed E-state index contributed by atoms with van der Waals surface area (Å²) in [5, 5.41) is 7.26. The van der Waals surface area contributed by atoms with Gasteiger partial charge < -0.3 is 10.6 Å². The number of hydrogen-bond donors (Lipinski definition) is 2. The van der Waals surface area contributed by atoms with E-state index in [1.54, 1.807) is 0 Å². The Morgan fingerprint density at radius 3 is 1.60 bits per heavy atom. The third-order valence-corrected chi connectivity index (χ3v) is 5.12. The van der Waals surface area contributed by atoms with Crippen molar-refractivity contribution >= 4 is 12.4 Å². The molecule has 4 aliphatic carbocycles. The van der Waals surface area contributed by atoms with Crippen molar-refractivity contribution in [3.8, 4) is 0 Å². The maximum absolute atomic E-state index is 3.63. The lowest BCUT2D eigenvalue weighted by molar-refractivity contribution is -0.0458. The van der Waals surface area contributed by atoms with Gasteiger partial charge in [-0.1, -0.05) is 0 Å². The minimum atomic E-state index is 0. The SMILES string of the molecule is CNC12CC3CC(C1)CC(NC)(C3)C2.Cl. The number of hydrogen-bond acceptors (Lipinski definition) is 2. The summed E-state index contributed by atoms with van der Waals surface area (Å²) in [6.45, 7) is 0. The van der Waals surface area contributed by atoms with E-state index in [4.69, 9.17) is 0 Å². The summed E-state index contributed by atoms with van der Waals surface area (Å²) < 4.78 is 0. The van der Waals surface area contributed by atoms with Crippen molar-refractivity contribution in [1.82, 2.24) is 10.6 Å². The van der Waals surface area contributed by atoms with Gasteiger partial charge in [0.25, 0.3) is 0 Å². The molecule has 0 spiro atoms. The molecule has 4 aliphatic rings. The fourth-order valence-corrected chi connectivity index (χ4v) is 4.85. The monoisotopic (exact) mass is 230 g/mol. The first-order valence-corrected chi connectivity index (χ1v) is 6.07. The zero-order valence-electron chi connectivity index (χ0n) is 9.81. The predicted octanol–water partition coefficient (Wildman–Crippen LogP) is 1.94. The molecule has 3 heteroatoms. The van der Waals surface area contributed by atoms with Crippen LogP contribution in [0.25, 0.3) is 0 Å². The first kappa shape index (κ1) is 11.7. The molecule has 0 aliphatic heterocycles. The second-order valence-electron chi connectivity index (χ2n) is 6.02. The Kier molecular flexibility index (Phi) is 2.81. The highest BCUT2D eigenvalue weighted by Gasteiger charge is 2.56. The van der Waals surface area contributed by atoms with E-state index >= 15 is 0 Å². The standard InChI is InChI=1S/C12H22N2.ClH/c1-13-11-4-9-3-10(5-11)7-12(6-9,8-11)14-2;/h9-10,13-14H,3-8H2,1-2H3;1H. The molecule has 0 amide bonds. The molecule has 0 atom stereocenters. The summed E-state index contributed by atoms with van der Waals surface area (Å²) >= 11 is 0. The van der Waals surface area contributed by atoms with Gasteiger partial charge in [0.05, 0.1) is 0 Å². The zero-order valence-corrected chi connectivity index (χ0v) is 10.6. The molecule has 88 valence electrons. The Balaban J connectivity index is 0.000000853. The first-order valence-electron chi connectivity index (χ1n) is 6.07. The number of halogens is 1. The molecule has 2 N–H and O–H groups in total. The molecule has 0 heterocycles. The fraction of sp³-hybridized carbons (Fsp3) is 1.00. The van der Waals surface area contributed by atoms with E-state index in [0.29, 0.717) is 11.1 Å². The maximum atomic E-state index is 3.63. The average molecular weight is 231 g/mol. The highest BCUT2D eigenvalue weighted by molar-refractivity contribution is 5.85. The van der Waals surface area contributed by atoms with Gasteiger partial charge >= 0.3 is 0 Å². The molecule has 0 aromatic carbocycles. The Morgan fingerprint density at radius 1 is 0.867 bits per heavy atom. The number of rotatable bonds is 2. The Morgan fingerprint density at radius 2 is 1.27 bits per heavy atom. The molecule has 0 unspecified atom stereocenters. The van der Waals surface area contributed by atoms with Crippen LogP contribution in [-0.4, -0.2) is 25.2 Å². The van der Waals surface area contributed by atoms with Crippen molar-refractivity contribution in [3.63, 3.8) is 0 Å². The van der Waals surface area contributed by atoms with E-state index in [1.807, 2.05) is 0 Å². The summed E-state index contributed by atoms with van der Waals surface area (Å²) in [4.78, 5) is 0. The van der Waals surface area contributed by atoms with Gasteiger partial charge in [0.1, 0.15) is 0 Å². The van der Waals surface area contributed by atoms with E-state index in [1.165, 1.54) is 38.5 Å². The van der Waals surface area contributed by atoms with Crippen LogP contribution in [0.1, 0.15) is 38.5 Å². The van der Waals surface area contributed by atoms with E-state index in [0.717, 1.165) is 11.8 Å². The summed E-state index contributed by atoms with van der Waals surface area (Å²) in [6, 6.07) is 0. The van der Waals surface area contributed by atoms with Gasteiger partial charge in [-0.2, -0.15) is 0 Å². The molecule has 0 aromatic rings. The van der Waals surface area contributed by atoms with Crippen LogP contribution in [0.2, 0.25) is 0 Å². The Labute approximate surface area is 99.0 Å². The van der Waals surface area contributed by atoms with Crippen LogP contribution >= 0.6 is 12.4 Å².